The Kier molecular flexibility index (Phi) is 6.55. The van der Waals surface area contributed by atoms with Crippen LogP contribution in [0.2, 0.25) is 0 Å². The molecule has 0 saturated heterocycles. The van der Waals surface area contributed by atoms with Crippen LogP contribution in [0.15, 0.2) is 35.1 Å². The van der Waals surface area contributed by atoms with Gasteiger partial charge in [0.2, 0.25) is 0 Å². The second kappa shape index (κ2) is 9.41. The number of aryl methyl sites for hydroxylation is 2. The van der Waals surface area contributed by atoms with Gasteiger partial charge >= 0.3 is 6.03 Å². The molecule has 1 unspecified atom stereocenters. The summed E-state index contributed by atoms with van der Waals surface area (Å²) < 4.78 is 11.1. The van der Waals surface area contributed by atoms with Gasteiger partial charge in [-0.2, -0.15) is 0 Å². The average Bonchev–Trinajstić information content (AvgIpc) is 2.83. The molecule has 7 heteroatoms. The van der Waals surface area contributed by atoms with Gasteiger partial charge in [-0.05, 0) is 80.5 Å². The summed E-state index contributed by atoms with van der Waals surface area (Å²) in [4.78, 5) is 33.8. The van der Waals surface area contributed by atoms with Crippen molar-refractivity contribution in [2.75, 3.05) is 33.9 Å². The first kappa shape index (κ1) is 23.7. The summed E-state index contributed by atoms with van der Waals surface area (Å²) >= 11 is 0. The minimum Gasteiger partial charge on any atom is -0.493 e. The van der Waals surface area contributed by atoms with Crippen molar-refractivity contribution in [1.82, 2.24) is 14.8 Å². The van der Waals surface area contributed by atoms with Crippen LogP contribution in [0, 0.1) is 13.8 Å². The number of urea groups is 1. The second-order valence-corrected chi connectivity index (χ2v) is 8.81. The third kappa shape index (κ3) is 4.00. The predicted octanol–water partition coefficient (Wildman–Crippen LogP) is 4.57. The maximum atomic E-state index is 13.6. The number of pyridine rings is 1. The van der Waals surface area contributed by atoms with Gasteiger partial charge in [0, 0.05) is 25.2 Å². The molecule has 1 aliphatic rings. The van der Waals surface area contributed by atoms with Crippen LogP contribution in [0.25, 0.3) is 10.9 Å². The van der Waals surface area contributed by atoms with E-state index in [0.29, 0.717) is 43.1 Å². The molecule has 7 nitrogen and oxygen atoms in total. The molecule has 0 fully saturated rings. The third-order valence-electron chi connectivity index (χ3n) is 6.77. The van der Waals surface area contributed by atoms with Crippen LogP contribution in [0.1, 0.15) is 47.7 Å². The van der Waals surface area contributed by atoms with E-state index in [9.17, 15) is 9.59 Å². The second-order valence-electron chi connectivity index (χ2n) is 8.81. The summed E-state index contributed by atoms with van der Waals surface area (Å²) in [6.45, 7) is 9.68. The van der Waals surface area contributed by atoms with E-state index < -0.39 is 6.04 Å². The maximum absolute atomic E-state index is 13.6. The Morgan fingerprint density at radius 2 is 1.71 bits per heavy atom. The van der Waals surface area contributed by atoms with E-state index >= 15 is 0 Å². The molecule has 1 N–H and O–H groups in total. The fraction of sp³-hybridized carbons (Fsp3) is 0.407. The zero-order valence-electron chi connectivity index (χ0n) is 20.8. The number of amides is 2. The molecule has 2 amide bonds. The summed E-state index contributed by atoms with van der Waals surface area (Å²) in [5.74, 6) is 1.22. The molecule has 0 bridgehead atoms. The summed E-state index contributed by atoms with van der Waals surface area (Å²) in [6, 6.07) is 9.32. The first-order valence-corrected chi connectivity index (χ1v) is 11.8. The van der Waals surface area contributed by atoms with Gasteiger partial charge in [0.25, 0.3) is 5.56 Å². The Bertz CT molecular complexity index is 1290. The lowest BCUT2D eigenvalue weighted by molar-refractivity contribution is 0.141. The number of nitrogens with zero attached hydrogens (tertiary/aromatic N) is 2. The van der Waals surface area contributed by atoms with Crippen molar-refractivity contribution < 1.29 is 14.3 Å². The Morgan fingerprint density at radius 3 is 2.35 bits per heavy atom. The number of carbonyl (C=O) groups is 1. The number of hydrogen-bond acceptors (Lipinski definition) is 4. The van der Waals surface area contributed by atoms with Crippen molar-refractivity contribution in [3.05, 3.63) is 68.5 Å². The number of benzene rings is 2. The number of aromatic amines is 1. The van der Waals surface area contributed by atoms with Gasteiger partial charge in [0.15, 0.2) is 11.5 Å². The molecule has 180 valence electrons. The molecular formula is C27H33N3O4. The minimum atomic E-state index is -0.536. The number of fused-ring (bicyclic) bond motifs is 2. The number of ether oxygens (including phenoxy) is 2. The summed E-state index contributed by atoms with van der Waals surface area (Å²) in [7, 11) is 3.20. The fourth-order valence-electron chi connectivity index (χ4n) is 5.07. The van der Waals surface area contributed by atoms with E-state index in [2.05, 4.69) is 17.1 Å². The Hall–Kier alpha value is -3.48. The van der Waals surface area contributed by atoms with Crippen molar-refractivity contribution in [2.45, 2.75) is 40.2 Å². The fourth-order valence-corrected chi connectivity index (χ4v) is 5.07. The van der Waals surface area contributed by atoms with E-state index in [1.165, 1.54) is 0 Å². The number of methoxy groups -OCH3 is 2. The quantitative estimate of drug-likeness (QED) is 0.601. The van der Waals surface area contributed by atoms with Crippen molar-refractivity contribution in [1.29, 1.82) is 0 Å². The van der Waals surface area contributed by atoms with Crippen molar-refractivity contribution in [3.63, 3.8) is 0 Å². The third-order valence-corrected chi connectivity index (χ3v) is 6.77. The molecule has 34 heavy (non-hydrogen) atoms. The molecule has 0 saturated carbocycles. The smallest absolute Gasteiger partial charge is 0.320 e. The van der Waals surface area contributed by atoms with Gasteiger partial charge in [0.1, 0.15) is 0 Å². The topological polar surface area (TPSA) is 74.9 Å². The van der Waals surface area contributed by atoms with Gasteiger partial charge in [-0.1, -0.05) is 11.6 Å². The highest BCUT2D eigenvalue weighted by molar-refractivity contribution is 5.83. The van der Waals surface area contributed by atoms with Crippen LogP contribution in [0.5, 0.6) is 11.5 Å². The summed E-state index contributed by atoms with van der Waals surface area (Å²) in [5, 5.41) is 0.954. The van der Waals surface area contributed by atoms with Crippen LogP contribution in [-0.4, -0.2) is 54.7 Å². The number of nitrogens with one attached hydrogen (secondary N) is 1. The monoisotopic (exact) mass is 463 g/mol. The molecule has 1 aliphatic heterocycles. The summed E-state index contributed by atoms with van der Waals surface area (Å²) in [6.07, 6.45) is 0.670. The van der Waals surface area contributed by atoms with Gasteiger partial charge in [-0.3, -0.25) is 4.79 Å². The Labute approximate surface area is 200 Å². The van der Waals surface area contributed by atoms with E-state index in [1.54, 1.807) is 19.1 Å². The van der Waals surface area contributed by atoms with Crippen molar-refractivity contribution in [3.8, 4) is 11.5 Å². The van der Waals surface area contributed by atoms with Gasteiger partial charge < -0.3 is 24.3 Å². The highest BCUT2D eigenvalue weighted by Crippen LogP contribution is 2.41. The molecule has 0 spiro atoms. The Balaban J connectivity index is 1.98. The standard InChI is InChI=1S/C27H33N3O4/c1-7-29(8-2)27(32)30-10-9-18-14-22(33-5)23(34-6)15-20(18)25(30)21-13-19-12-16(3)11-17(4)24(19)28-26(21)31/h11-15,25H,7-10H2,1-6H3,(H,28,31). The first-order chi connectivity index (χ1) is 16.3. The molecule has 1 aromatic heterocycles. The van der Waals surface area contributed by atoms with Gasteiger partial charge in [0.05, 0.1) is 25.8 Å². The van der Waals surface area contributed by atoms with E-state index in [4.69, 9.17) is 9.47 Å². The van der Waals surface area contributed by atoms with E-state index in [0.717, 1.165) is 33.2 Å². The molecule has 4 rings (SSSR count). The Morgan fingerprint density at radius 1 is 1.03 bits per heavy atom. The largest absolute Gasteiger partial charge is 0.493 e. The first-order valence-electron chi connectivity index (χ1n) is 11.8. The highest BCUT2D eigenvalue weighted by atomic mass is 16.5. The minimum absolute atomic E-state index is 0.0737. The molecule has 2 aromatic carbocycles. The van der Waals surface area contributed by atoms with Crippen molar-refractivity contribution in [2.24, 2.45) is 0 Å². The lowest BCUT2D eigenvalue weighted by Gasteiger charge is -2.40. The molecule has 2 heterocycles. The van der Waals surface area contributed by atoms with Crippen LogP contribution in [0.4, 0.5) is 4.79 Å². The van der Waals surface area contributed by atoms with Crippen LogP contribution in [0.3, 0.4) is 0 Å². The van der Waals surface area contributed by atoms with E-state index in [-0.39, 0.29) is 11.6 Å². The molecule has 3 aromatic rings. The lowest BCUT2D eigenvalue weighted by Crippen LogP contribution is -2.49. The van der Waals surface area contributed by atoms with Crippen LogP contribution < -0.4 is 15.0 Å². The molecule has 1 atom stereocenters. The zero-order valence-corrected chi connectivity index (χ0v) is 20.8. The van der Waals surface area contributed by atoms with Crippen LogP contribution >= 0.6 is 0 Å². The lowest BCUT2D eigenvalue weighted by atomic mass is 9.87. The summed E-state index contributed by atoms with van der Waals surface area (Å²) in [5.41, 5.74) is 5.25. The molecule has 0 radical (unpaired) electrons. The van der Waals surface area contributed by atoms with Gasteiger partial charge in [-0.15, -0.1) is 0 Å². The molecule has 0 aliphatic carbocycles. The predicted molar refractivity (Wildman–Crippen MR) is 134 cm³/mol. The number of hydrogen-bond donors (Lipinski definition) is 1. The average molecular weight is 464 g/mol. The van der Waals surface area contributed by atoms with E-state index in [1.807, 2.05) is 50.8 Å². The number of rotatable bonds is 5. The van der Waals surface area contributed by atoms with Gasteiger partial charge in [-0.25, -0.2) is 4.79 Å². The number of H-pyrrole nitrogens is 1. The van der Waals surface area contributed by atoms with Crippen LogP contribution in [-0.2, 0) is 6.42 Å². The maximum Gasteiger partial charge on any atom is 0.320 e. The number of carbonyl (C=O) groups excluding carboxylic acids is 1. The highest BCUT2D eigenvalue weighted by Gasteiger charge is 2.36. The molecular weight excluding hydrogens is 430 g/mol. The number of aromatic nitrogens is 1. The SMILES string of the molecule is CCN(CC)C(=O)N1CCc2cc(OC)c(OC)cc2C1c1cc2cc(C)cc(C)c2[nH]c1=O. The normalized spacial score (nSPS) is 15.2. The van der Waals surface area contributed by atoms with Crippen molar-refractivity contribution >= 4 is 16.9 Å². The zero-order chi connectivity index (χ0) is 24.6.